The molecular weight excluding hydrogens is 174 g/mol. The van der Waals surface area contributed by atoms with Crippen molar-refractivity contribution in [3.8, 4) is 0 Å². The van der Waals surface area contributed by atoms with Crippen LogP contribution in [0.1, 0.15) is 24.5 Å². The minimum absolute atomic E-state index is 0.133. The molecule has 0 aliphatic heterocycles. The molecule has 0 aliphatic rings. The molecule has 76 valence electrons. The Morgan fingerprint density at radius 3 is 2.64 bits per heavy atom. The van der Waals surface area contributed by atoms with E-state index in [1.165, 1.54) is 11.1 Å². The van der Waals surface area contributed by atoms with Crippen LogP contribution in [0.15, 0.2) is 24.3 Å². The van der Waals surface area contributed by atoms with Gasteiger partial charge >= 0.3 is 0 Å². The van der Waals surface area contributed by atoms with Crippen LogP contribution >= 0.6 is 0 Å². The van der Waals surface area contributed by atoms with Gasteiger partial charge in [0.25, 0.3) is 0 Å². The summed E-state index contributed by atoms with van der Waals surface area (Å²) >= 11 is 0. The number of nitrogens with two attached hydrogens (primary N) is 1. The zero-order chi connectivity index (χ0) is 10.6. The topological polar surface area (TPSA) is 43.1 Å². The number of Topliss-reactive ketones (excluding diaryl/α,β-unsaturated/α-hetero) is 1. The lowest BCUT2D eigenvalue weighted by Gasteiger charge is -2.06. The molecule has 2 heteroatoms. The normalized spacial score (nSPS) is 12.5. The molecule has 0 aliphatic carbocycles. The standard InChI is InChI=1S/C12H17NO/c1-9-5-3-4-6-11(9)7-8-12(14)10(2)13/h3-6,10H,7-8,13H2,1-2H3. The number of benzene rings is 1. The molecule has 1 rings (SSSR count). The molecular formula is C12H17NO. The van der Waals surface area contributed by atoms with Crippen molar-refractivity contribution in [3.05, 3.63) is 35.4 Å². The molecule has 0 aromatic heterocycles. The Kier molecular flexibility index (Phi) is 3.84. The van der Waals surface area contributed by atoms with E-state index < -0.39 is 0 Å². The Bertz CT molecular complexity index is 318. The van der Waals surface area contributed by atoms with E-state index in [1.807, 2.05) is 12.1 Å². The van der Waals surface area contributed by atoms with Gasteiger partial charge in [-0.25, -0.2) is 0 Å². The van der Waals surface area contributed by atoms with E-state index in [9.17, 15) is 4.79 Å². The summed E-state index contributed by atoms with van der Waals surface area (Å²) in [5.41, 5.74) is 7.97. The number of hydrogen-bond acceptors (Lipinski definition) is 2. The predicted molar refractivity (Wildman–Crippen MR) is 58.2 cm³/mol. The van der Waals surface area contributed by atoms with Crippen molar-refractivity contribution < 1.29 is 4.79 Å². The van der Waals surface area contributed by atoms with E-state index >= 15 is 0 Å². The molecule has 0 fully saturated rings. The molecule has 0 amide bonds. The fourth-order valence-corrected chi connectivity index (χ4v) is 1.38. The highest BCUT2D eigenvalue weighted by Crippen LogP contribution is 2.09. The van der Waals surface area contributed by atoms with Gasteiger partial charge < -0.3 is 5.73 Å². The van der Waals surface area contributed by atoms with E-state index in [0.29, 0.717) is 6.42 Å². The zero-order valence-corrected chi connectivity index (χ0v) is 8.79. The molecule has 14 heavy (non-hydrogen) atoms. The van der Waals surface area contributed by atoms with Crippen molar-refractivity contribution in [3.63, 3.8) is 0 Å². The molecule has 1 atom stereocenters. The van der Waals surface area contributed by atoms with Crippen LogP contribution in [0.25, 0.3) is 0 Å². The fourth-order valence-electron chi connectivity index (χ4n) is 1.38. The predicted octanol–water partition coefficient (Wildman–Crippen LogP) is 1.84. The van der Waals surface area contributed by atoms with Crippen molar-refractivity contribution in [1.82, 2.24) is 0 Å². The molecule has 0 spiro atoms. The molecule has 0 bridgehead atoms. The summed E-state index contributed by atoms with van der Waals surface area (Å²) in [5, 5.41) is 0. The van der Waals surface area contributed by atoms with Crippen LogP contribution < -0.4 is 5.73 Å². The number of aryl methyl sites for hydroxylation is 2. The van der Waals surface area contributed by atoms with Crippen molar-refractivity contribution in [2.75, 3.05) is 0 Å². The molecule has 0 radical (unpaired) electrons. The summed E-state index contributed by atoms with van der Waals surface area (Å²) in [7, 11) is 0. The van der Waals surface area contributed by atoms with Gasteiger partial charge in [-0.3, -0.25) is 4.79 Å². The highest BCUT2D eigenvalue weighted by atomic mass is 16.1. The van der Waals surface area contributed by atoms with Crippen molar-refractivity contribution in [1.29, 1.82) is 0 Å². The Labute approximate surface area is 85.1 Å². The van der Waals surface area contributed by atoms with Crippen molar-refractivity contribution in [2.24, 2.45) is 5.73 Å². The number of hydrogen-bond donors (Lipinski definition) is 1. The monoisotopic (exact) mass is 191 g/mol. The van der Waals surface area contributed by atoms with Crippen molar-refractivity contribution >= 4 is 5.78 Å². The second-order valence-electron chi connectivity index (χ2n) is 3.68. The highest BCUT2D eigenvalue weighted by Gasteiger charge is 2.07. The van der Waals surface area contributed by atoms with Gasteiger partial charge in [0.1, 0.15) is 5.78 Å². The van der Waals surface area contributed by atoms with Gasteiger partial charge in [0.05, 0.1) is 6.04 Å². The SMILES string of the molecule is Cc1ccccc1CCC(=O)C(C)N. The molecule has 1 unspecified atom stereocenters. The lowest BCUT2D eigenvalue weighted by Crippen LogP contribution is -2.26. The van der Waals surface area contributed by atoms with Gasteiger partial charge in [-0.05, 0) is 31.4 Å². The summed E-state index contributed by atoms with van der Waals surface area (Å²) in [6, 6.07) is 7.79. The van der Waals surface area contributed by atoms with E-state index in [2.05, 4.69) is 19.1 Å². The first-order valence-electron chi connectivity index (χ1n) is 4.94. The van der Waals surface area contributed by atoms with Crippen LogP contribution in [0.3, 0.4) is 0 Å². The summed E-state index contributed by atoms with van der Waals surface area (Å²) < 4.78 is 0. The van der Waals surface area contributed by atoms with Crippen LogP contribution in [-0.4, -0.2) is 11.8 Å². The Morgan fingerprint density at radius 1 is 1.43 bits per heavy atom. The molecule has 2 nitrogen and oxygen atoms in total. The van der Waals surface area contributed by atoms with Gasteiger partial charge in [-0.1, -0.05) is 24.3 Å². The third kappa shape index (κ3) is 2.96. The lowest BCUT2D eigenvalue weighted by atomic mass is 10.0. The van der Waals surface area contributed by atoms with E-state index in [1.54, 1.807) is 6.92 Å². The summed E-state index contributed by atoms with van der Waals surface area (Å²) in [6.45, 7) is 3.80. The van der Waals surface area contributed by atoms with Crippen LogP contribution in [0.2, 0.25) is 0 Å². The Morgan fingerprint density at radius 2 is 2.07 bits per heavy atom. The molecule has 1 aromatic carbocycles. The van der Waals surface area contributed by atoms with Crippen LogP contribution in [0.5, 0.6) is 0 Å². The van der Waals surface area contributed by atoms with Gasteiger partial charge in [-0.15, -0.1) is 0 Å². The van der Waals surface area contributed by atoms with Gasteiger partial charge in [-0.2, -0.15) is 0 Å². The third-order valence-corrected chi connectivity index (χ3v) is 2.41. The molecule has 0 saturated heterocycles. The maximum absolute atomic E-state index is 11.3. The molecule has 0 heterocycles. The van der Waals surface area contributed by atoms with Gasteiger partial charge in [0.15, 0.2) is 0 Å². The average Bonchev–Trinajstić information content (AvgIpc) is 2.16. The van der Waals surface area contributed by atoms with Crippen LogP contribution in [0.4, 0.5) is 0 Å². The van der Waals surface area contributed by atoms with E-state index in [-0.39, 0.29) is 11.8 Å². The van der Waals surface area contributed by atoms with E-state index in [4.69, 9.17) is 5.73 Å². The summed E-state index contributed by atoms with van der Waals surface area (Å²) in [5.74, 6) is 0.133. The quantitative estimate of drug-likeness (QED) is 0.789. The summed E-state index contributed by atoms with van der Waals surface area (Å²) in [6.07, 6.45) is 1.34. The first kappa shape index (κ1) is 10.9. The minimum Gasteiger partial charge on any atom is -0.322 e. The third-order valence-electron chi connectivity index (χ3n) is 2.41. The number of rotatable bonds is 4. The van der Waals surface area contributed by atoms with E-state index in [0.717, 1.165) is 6.42 Å². The molecule has 2 N–H and O–H groups in total. The van der Waals surface area contributed by atoms with Crippen molar-refractivity contribution in [2.45, 2.75) is 32.7 Å². The lowest BCUT2D eigenvalue weighted by molar-refractivity contribution is -0.119. The summed E-state index contributed by atoms with van der Waals surface area (Å²) in [4.78, 5) is 11.3. The van der Waals surface area contributed by atoms with Crippen LogP contribution in [0, 0.1) is 6.92 Å². The van der Waals surface area contributed by atoms with Crippen LogP contribution in [-0.2, 0) is 11.2 Å². The van der Waals surface area contributed by atoms with Gasteiger partial charge in [0.2, 0.25) is 0 Å². The second-order valence-corrected chi connectivity index (χ2v) is 3.68. The minimum atomic E-state index is -0.334. The average molecular weight is 191 g/mol. The van der Waals surface area contributed by atoms with Gasteiger partial charge in [0, 0.05) is 6.42 Å². The largest absolute Gasteiger partial charge is 0.322 e. The Hall–Kier alpha value is -1.15. The molecule has 0 saturated carbocycles. The maximum Gasteiger partial charge on any atom is 0.149 e. The highest BCUT2D eigenvalue weighted by molar-refractivity contribution is 5.83. The number of carbonyl (C=O) groups is 1. The first-order valence-corrected chi connectivity index (χ1v) is 4.94. The smallest absolute Gasteiger partial charge is 0.149 e. The molecule has 1 aromatic rings. The Balaban J connectivity index is 2.54. The zero-order valence-electron chi connectivity index (χ0n) is 8.79. The second kappa shape index (κ2) is 4.91. The number of carbonyl (C=O) groups excluding carboxylic acids is 1. The maximum atomic E-state index is 11.3. The fraction of sp³-hybridized carbons (Fsp3) is 0.417. The first-order chi connectivity index (χ1) is 6.61. The number of ketones is 1.